The fraction of sp³-hybridized carbons (Fsp3) is 0.283. The van der Waals surface area contributed by atoms with Crippen LogP contribution in [0.1, 0.15) is 95.4 Å². The largest absolute Gasteiger partial charge is 1.00 e. The Bertz CT molecular complexity index is 1710. The van der Waals surface area contributed by atoms with Crippen molar-refractivity contribution in [2.75, 3.05) is 6.26 Å². The molecule has 0 amide bonds. The molecule has 0 bridgehead atoms. The van der Waals surface area contributed by atoms with Crippen LogP contribution in [0.4, 0.5) is 11.4 Å². The maximum absolute atomic E-state index is 5.08. The molecule has 0 spiro atoms. The third kappa shape index (κ3) is 12.1. The van der Waals surface area contributed by atoms with Crippen molar-refractivity contribution in [3.63, 3.8) is 0 Å². The van der Waals surface area contributed by atoms with Gasteiger partial charge in [-0.25, -0.2) is 0 Å². The van der Waals surface area contributed by atoms with Gasteiger partial charge in [-0.2, -0.15) is 17.5 Å². The van der Waals surface area contributed by atoms with Gasteiger partial charge in [-0.15, -0.1) is 5.69 Å². The van der Waals surface area contributed by atoms with Crippen molar-refractivity contribution in [1.29, 1.82) is 0 Å². The second-order valence-corrected chi connectivity index (χ2v) is 17.0. The number of aliphatic imine (C=N–C) groups is 1. The van der Waals surface area contributed by atoms with Gasteiger partial charge in [-0.3, -0.25) is 4.99 Å². The summed E-state index contributed by atoms with van der Waals surface area (Å²) in [5.41, 5.74) is 9.45. The van der Waals surface area contributed by atoms with E-state index in [2.05, 4.69) is 195 Å². The van der Waals surface area contributed by atoms with Crippen molar-refractivity contribution in [2.45, 2.75) is 78.9 Å². The zero-order chi connectivity index (χ0) is 36.0. The molecule has 0 unspecified atom stereocenters. The van der Waals surface area contributed by atoms with E-state index < -0.39 is 7.92 Å². The molecule has 270 valence electrons. The molecule has 5 rings (SSSR count). The van der Waals surface area contributed by atoms with Gasteiger partial charge in [-0.1, -0.05) is 157 Å². The third-order valence-electron chi connectivity index (χ3n) is 8.60. The summed E-state index contributed by atoms with van der Waals surface area (Å²) in [6, 6.07) is 45.6. The van der Waals surface area contributed by atoms with E-state index in [1.807, 2.05) is 11.8 Å². The molecule has 0 saturated heterocycles. The minimum absolute atomic E-state index is 0. The number of benzene rings is 5. The average molecular weight is 763 g/mol. The van der Waals surface area contributed by atoms with Crippen LogP contribution in [0.25, 0.3) is 5.32 Å². The monoisotopic (exact) mass is 761 g/mol. The van der Waals surface area contributed by atoms with Gasteiger partial charge >= 0.3 is 17.1 Å². The zero-order valence-electron chi connectivity index (χ0n) is 31.7. The summed E-state index contributed by atoms with van der Waals surface area (Å²) in [5.74, 6) is 2.29. The summed E-state index contributed by atoms with van der Waals surface area (Å²) in [6.07, 6.45) is 4.25. The summed E-state index contributed by atoms with van der Waals surface area (Å²) in [4.78, 5) is 5.06. The van der Waals surface area contributed by atoms with Crippen molar-refractivity contribution in [3.05, 3.63) is 167 Å². The second-order valence-electron chi connectivity index (χ2n) is 13.7. The Labute approximate surface area is 324 Å². The molecule has 0 radical (unpaired) electrons. The molecule has 0 heterocycles. The van der Waals surface area contributed by atoms with Gasteiger partial charge in [0.25, 0.3) is 0 Å². The van der Waals surface area contributed by atoms with Gasteiger partial charge in [-0.05, 0) is 78.5 Å². The van der Waals surface area contributed by atoms with E-state index in [1.54, 1.807) is 0 Å². The molecule has 5 aromatic carbocycles. The molecule has 0 aliphatic heterocycles. The molecular weight excluding hydrogens is 707 g/mol. The van der Waals surface area contributed by atoms with E-state index in [-0.39, 0.29) is 17.1 Å². The van der Waals surface area contributed by atoms with Crippen LogP contribution >= 0.6 is 19.7 Å². The van der Waals surface area contributed by atoms with E-state index in [0.29, 0.717) is 17.8 Å². The van der Waals surface area contributed by atoms with Gasteiger partial charge in [0.1, 0.15) is 15.9 Å². The summed E-state index contributed by atoms with van der Waals surface area (Å²) in [6.45, 7) is 17.6. The molecule has 0 aliphatic rings. The van der Waals surface area contributed by atoms with Crippen molar-refractivity contribution < 1.29 is 17.1 Å². The van der Waals surface area contributed by atoms with E-state index in [4.69, 9.17) is 10.3 Å². The Balaban J connectivity index is 0.000000299. The van der Waals surface area contributed by atoms with Gasteiger partial charge in [0.2, 0.25) is 0 Å². The summed E-state index contributed by atoms with van der Waals surface area (Å²) >= 11 is 1.84. The van der Waals surface area contributed by atoms with Crippen LogP contribution in [0.2, 0.25) is 0 Å². The molecule has 0 aromatic heterocycles. The first-order valence-corrected chi connectivity index (χ1v) is 20.7. The molecule has 0 saturated carbocycles. The normalized spacial score (nSPS) is 11.8. The smallest absolute Gasteiger partial charge is 0.661 e. The Kier molecular flexibility index (Phi) is 17.5. The quantitative estimate of drug-likeness (QED) is 0.0706. The van der Waals surface area contributed by atoms with E-state index in [9.17, 15) is 0 Å². The van der Waals surface area contributed by atoms with Crippen molar-refractivity contribution >= 4 is 52.7 Å². The van der Waals surface area contributed by atoms with Crippen LogP contribution in [0.15, 0.2) is 144 Å². The Morgan fingerprint density at radius 2 is 1.02 bits per heavy atom. The SMILES string of the molecule is CSCc1cccc(C(C)C)c1N=C(C)/C=C(/C)[N-]c1c(C(C)C)cccc1C(C)C.[Cu+].c1ccc([PH+](c2ccccc2)c2ccccc2)cc1. The molecule has 0 N–H and O–H groups in total. The molecule has 5 heteroatoms. The van der Waals surface area contributed by atoms with Gasteiger partial charge < -0.3 is 5.32 Å². The topological polar surface area (TPSA) is 26.5 Å². The first kappa shape index (κ1) is 42.0. The summed E-state index contributed by atoms with van der Waals surface area (Å²) in [7, 11) is -0.877. The van der Waals surface area contributed by atoms with E-state index in [1.165, 1.54) is 38.2 Å². The maximum Gasteiger partial charge on any atom is 1.00 e. The molecular formula is C46H55CuN2PS+. The Hall–Kier alpha value is -3.39. The van der Waals surface area contributed by atoms with Gasteiger partial charge in [0.05, 0.1) is 13.6 Å². The summed E-state index contributed by atoms with van der Waals surface area (Å²) in [5, 5.41) is 9.38. The molecule has 5 aromatic rings. The number of hydrogen-bond donors (Lipinski definition) is 0. The van der Waals surface area contributed by atoms with Crippen LogP contribution in [-0.2, 0) is 22.8 Å². The standard InChI is InChI=1S/C28H39N2S.C18H15P.Cu/c1-18(2)24-13-10-12-23(17-31-9)27(24)29-21(7)16-22(8)30-28-25(19(3)4)14-11-15-26(28)20(5)6;1-4-10-16(11-5-1)19(17-12-6-2-7-13-17)18-14-8-3-9-15-18;/h10-16,18-20H,17H2,1-9H3;1-15H;/q-1;;+1/p+1/b22-16-,29-21?;;. The van der Waals surface area contributed by atoms with Crippen LogP contribution in [0.5, 0.6) is 0 Å². The predicted molar refractivity (Wildman–Crippen MR) is 228 cm³/mol. The minimum Gasteiger partial charge on any atom is -0.661 e. The van der Waals surface area contributed by atoms with E-state index >= 15 is 0 Å². The van der Waals surface area contributed by atoms with Crippen molar-refractivity contribution in [2.24, 2.45) is 4.99 Å². The van der Waals surface area contributed by atoms with Crippen LogP contribution in [-0.4, -0.2) is 12.0 Å². The molecule has 0 aliphatic carbocycles. The molecule has 0 atom stereocenters. The third-order valence-corrected chi connectivity index (χ3v) is 11.9. The minimum atomic E-state index is -0.877. The van der Waals surface area contributed by atoms with Gasteiger partial charge in [0, 0.05) is 11.5 Å². The predicted octanol–water partition coefficient (Wildman–Crippen LogP) is 12.8. The fourth-order valence-corrected chi connectivity index (χ4v) is 9.28. The van der Waals surface area contributed by atoms with Crippen LogP contribution in [0, 0.1) is 0 Å². The number of hydrogen-bond acceptors (Lipinski definition) is 2. The maximum atomic E-state index is 5.08. The van der Waals surface area contributed by atoms with Crippen molar-refractivity contribution in [3.8, 4) is 0 Å². The second kappa shape index (κ2) is 21.2. The van der Waals surface area contributed by atoms with Crippen LogP contribution < -0.4 is 15.9 Å². The van der Waals surface area contributed by atoms with Gasteiger partial charge in [0.15, 0.2) is 0 Å². The van der Waals surface area contributed by atoms with E-state index in [0.717, 1.165) is 28.5 Å². The van der Waals surface area contributed by atoms with Crippen LogP contribution in [0.3, 0.4) is 0 Å². The fourth-order valence-electron chi connectivity index (χ4n) is 6.16. The Morgan fingerprint density at radius 3 is 1.43 bits per heavy atom. The number of rotatable bonds is 12. The summed E-state index contributed by atoms with van der Waals surface area (Å²) < 4.78 is 0. The molecule has 0 fully saturated rings. The number of allylic oxidation sites excluding steroid dienone is 2. The first-order chi connectivity index (χ1) is 24.1. The zero-order valence-corrected chi connectivity index (χ0v) is 34.5. The molecule has 2 nitrogen and oxygen atoms in total. The average Bonchev–Trinajstić information content (AvgIpc) is 3.10. The number of thioether (sulfide) groups is 1. The molecule has 51 heavy (non-hydrogen) atoms. The Morgan fingerprint density at radius 1 is 0.608 bits per heavy atom. The first-order valence-electron chi connectivity index (χ1n) is 17.8. The number of para-hydroxylation sites is 2. The van der Waals surface area contributed by atoms with Crippen molar-refractivity contribution in [1.82, 2.24) is 0 Å². The number of nitrogens with zero attached hydrogens (tertiary/aromatic N) is 2.